The standard InChI is InChI=1S/C12H16N2O5S/c1-7(2)10(12(16)17)14-20(18,19)9-5-3-4-8(6-9)11(13)15/h3-7,10,14H,1-2H3,(H2,13,15)(H,16,17). The van der Waals surface area contributed by atoms with Crippen molar-refractivity contribution in [1.29, 1.82) is 0 Å². The Morgan fingerprint density at radius 2 is 1.90 bits per heavy atom. The lowest BCUT2D eigenvalue weighted by Crippen LogP contribution is -2.44. The van der Waals surface area contributed by atoms with E-state index in [1.54, 1.807) is 13.8 Å². The van der Waals surface area contributed by atoms with Crippen LogP contribution in [0.4, 0.5) is 0 Å². The van der Waals surface area contributed by atoms with Gasteiger partial charge in [-0.05, 0) is 24.1 Å². The molecule has 4 N–H and O–H groups in total. The average molecular weight is 300 g/mol. The fraction of sp³-hybridized carbons (Fsp3) is 0.333. The molecule has 1 aromatic rings. The van der Waals surface area contributed by atoms with E-state index in [4.69, 9.17) is 10.8 Å². The molecular weight excluding hydrogens is 284 g/mol. The highest BCUT2D eigenvalue weighted by Gasteiger charge is 2.28. The number of amides is 1. The molecule has 1 aromatic carbocycles. The van der Waals surface area contributed by atoms with Gasteiger partial charge in [0.1, 0.15) is 6.04 Å². The molecule has 1 atom stereocenters. The van der Waals surface area contributed by atoms with Gasteiger partial charge in [0, 0.05) is 5.56 Å². The quantitative estimate of drug-likeness (QED) is 0.690. The molecule has 0 fully saturated rings. The van der Waals surface area contributed by atoms with Crippen molar-refractivity contribution in [2.24, 2.45) is 11.7 Å². The van der Waals surface area contributed by atoms with Crippen molar-refractivity contribution in [3.8, 4) is 0 Å². The van der Waals surface area contributed by atoms with Crippen LogP contribution in [0.3, 0.4) is 0 Å². The normalized spacial score (nSPS) is 13.2. The van der Waals surface area contributed by atoms with Crippen molar-refractivity contribution in [2.75, 3.05) is 0 Å². The van der Waals surface area contributed by atoms with E-state index in [0.717, 1.165) is 6.07 Å². The van der Waals surface area contributed by atoms with Crippen molar-refractivity contribution < 1.29 is 23.1 Å². The number of hydrogen-bond donors (Lipinski definition) is 3. The van der Waals surface area contributed by atoms with Crippen LogP contribution in [0.15, 0.2) is 29.2 Å². The van der Waals surface area contributed by atoms with Crippen molar-refractivity contribution >= 4 is 21.9 Å². The Kier molecular flexibility index (Phi) is 4.85. The van der Waals surface area contributed by atoms with Crippen molar-refractivity contribution in [1.82, 2.24) is 4.72 Å². The number of primary amides is 1. The predicted octanol–water partition coefficient (Wildman–Crippen LogP) is 0.173. The largest absolute Gasteiger partial charge is 0.480 e. The molecule has 1 amide bonds. The smallest absolute Gasteiger partial charge is 0.322 e. The first kappa shape index (κ1) is 16.1. The van der Waals surface area contributed by atoms with Gasteiger partial charge in [-0.15, -0.1) is 0 Å². The summed E-state index contributed by atoms with van der Waals surface area (Å²) in [4.78, 5) is 21.8. The Labute approximate surface area is 116 Å². The zero-order valence-electron chi connectivity index (χ0n) is 11.0. The molecule has 0 saturated heterocycles. The summed E-state index contributed by atoms with van der Waals surface area (Å²) in [5, 5.41) is 9.00. The van der Waals surface area contributed by atoms with Gasteiger partial charge in [0.2, 0.25) is 15.9 Å². The SMILES string of the molecule is CC(C)C(NS(=O)(=O)c1cccc(C(N)=O)c1)C(=O)O. The zero-order valence-corrected chi connectivity index (χ0v) is 11.8. The van der Waals surface area contributed by atoms with Crippen LogP contribution in [0, 0.1) is 5.92 Å². The van der Waals surface area contributed by atoms with E-state index < -0.39 is 33.9 Å². The Hall–Kier alpha value is -1.93. The fourth-order valence-corrected chi connectivity index (χ4v) is 2.91. The second-order valence-electron chi connectivity index (χ2n) is 4.57. The maximum atomic E-state index is 12.1. The number of hydrogen-bond acceptors (Lipinski definition) is 4. The molecule has 0 spiro atoms. The number of carboxylic acid groups (broad SMARTS) is 1. The Morgan fingerprint density at radius 1 is 1.30 bits per heavy atom. The third kappa shape index (κ3) is 3.78. The molecule has 0 aliphatic heterocycles. The summed E-state index contributed by atoms with van der Waals surface area (Å²) in [6.45, 7) is 3.17. The minimum Gasteiger partial charge on any atom is -0.480 e. The summed E-state index contributed by atoms with van der Waals surface area (Å²) < 4.78 is 26.3. The predicted molar refractivity (Wildman–Crippen MR) is 71.5 cm³/mol. The van der Waals surface area contributed by atoms with Gasteiger partial charge in [-0.25, -0.2) is 8.42 Å². The van der Waals surface area contributed by atoms with Gasteiger partial charge >= 0.3 is 5.97 Å². The van der Waals surface area contributed by atoms with E-state index >= 15 is 0 Å². The maximum Gasteiger partial charge on any atom is 0.322 e. The van der Waals surface area contributed by atoms with Crippen molar-refractivity contribution in [3.05, 3.63) is 29.8 Å². The van der Waals surface area contributed by atoms with Gasteiger partial charge in [0.15, 0.2) is 0 Å². The van der Waals surface area contributed by atoms with Gasteiger partial charge in [-0.1, -0.05) is 19.9 Å². The number of nitrogens with two attached hydrogens (primary N) is 1. The Bertz CT molecular complexity index is 624. The fourth-order valence-electron chi connectivity index (χ4n) is 1.52. The van der Waals surface area contributed by atoms with E-state index in [0.29, 0.717) is 0 Å². The van der Waals surface area contributed by atoms with Crippen molar-refractivity contribution in [2.45, 2.75) is 24.8 Å². The molecule has 8 heteroatoms. The van der Waals surface area contributed by atoms with Crippen LogP contribution in [-0.2, 0) is 14.8 Å². The third-order valence-corrected chi connectivity index (χ3v) is 4.08. The van der Waals surface area contributed by atoms with Gasteiger partial charge < -0.3 is 10.8 Å². The lowest BCUT2D eigenvalue weighted by Gasteiger charge is -2.18. The lowest BCUT2D eigenvalue weighted by molar-refractivity contribution is -0.140. The number of sulfonamides is 1. The summed E-state index contributed by atoms with van der Waals surface area (Å²) in [6, 6.07) is 3.84. The molecule has 20 heavy (non-hydrogen) atoms. The summed E-state index contributed by atoms with van der Waals surface area (Å²) >= 11 is 0. The first-order chi connectivity index (χ1) is 9.15. The molecule has 0 heterocycles. The monoisotopic (exact) mass is 300 g/mol. The molecule has 0 saturated carbocycles. The highest BCUT2D eigenvalue weighted by molar-refractivity contribution is 7.89. The first-order valence-corrected chi connectivity index (χ1v) is 7.28. The molecule has 0 bridgehead atoms. The molecule has 7 nitrogen and oxygen atoms in total. The minimum atomic E-state index is -4.04. The van der Waals surface area contributed by atoms with Crippen LogP contribution >= 0.6 is 0 Å². The highest BCUT2D eigenvalue weighted by atomic mass is 32.2. The van der Waals surface area contributed by atoms with E-state index in [9.17, 15) is 18.0 Å². The summed E-state index contributed by atoms with van der Waals surface area (Å²) in [7, 11) is -4.04. The molecule has 0 aromatic heterocycles. The lowest BCUT2D eigenvalue weighted by atomic mass is 10.1. The number of rotatable bonds is 6. The van der Waals surface area contributed by atoms with E-state index in [1.807, 2.05) is 0 Å². The van der Waals surface area contributed by atoms with Crippen LogP contribution < -0.4 is 10.5 Å². The van der Waals surface area contributed by atoms with Gasteiger partial charge in [-0.2, -0.15) is 4.72 Å². The Balaban J connectivity index is 3.14. The van der Waals surface area contributed by atoms with Gasteiger partial charge in [-0.3, -0.25) is 9.59 Å². The second kappa shape index (κ2) is 6.02. The third-order valence-electron chi connectivity index (χ3n) is 2.64. The first-order valence-electron chi connectivity index (χ1n) is 5.80. The average Bonchev–Trinajstić information content (AvgIpc) is 2.35. The molecule has 110 valence electrons. The molecular formula is C12H16N2O5S. The molecule has 0 radical (unpaired) electrons. The molecule has 0 aliphatic carbocycles. The zero-order chi connectivity index (χ0) is 15.5. The van der Waals surface area contributed by atoms with Gasteiger partial charge in [0.05, 0.1) is 4.90 Å². The summed E-state index contributed by atoms with van der Waals surface area (Å²) in [6.07, 6.45) is 0. The number of carbonyl (C=O) groups is 2. The van der Waals surface area contributed by atoms with Crippen LogP contribution in [0.5, 0.6) is 0 Å². The van der Waals surface area contributed by atoms with Crippen LogP contribution in [0.25, 0.3) is 0 Å². The number of nitrogens with one attached hydrogen (secondary N) is 1. The highest BCUT2D eigenvalue weighted by Crippen LogP contribution is 2.13. The van der Waals surface area contributed by atoms with Crippen LogP contribution in [0.2, 0.25) is 0 Å². The minimum absolute atomic E-state index is 0.0318. The Morgan fingerprint density at radius 3 is 2.35 bits per heavy atom. The van der Waals surface area contributed by atoms with Crippen LogP contribution in [0.1, 0.15) is 24.2 Å². The number of benzene rings is 1. The van der Waals surface area contributed by atoms with Crippen LogP contribution in [-0.4, -0.2) is 31.4 Å². The summed E-state index contributed by atoms with van der Waals surface area (Å²) in [5.41, 5.74) is 5.11. The van der Waals surface area contributed by atoms with E-state index in [2.05, 4.69) is 4.72 Å². The summed E-state index contributed by atoms with van der Waals surface area (Å²) in [5.74, 6) is -2.46. The number of aliphatic carboxylic acids is 1. The topological polar surface area (TPSA) is 127 Å². The van der Waals surface area contributed by atoms with E-state index in [-0.39, 0.29) is 10.5 Å². The number of carbonyl (C=O) groups excluding carboxylic acids is 1. The molecule has 1 rings (SSSR count). The second-order valence-corrected chi connectivity index (χ2v) is 6.29. The van der Waals surface area contributed by atoms with E-state index in [1.165, 1.54) is 18.2 Å². The van der Waals surface area contributed by atoms with Gasteiger partial charge in [0.25, 0.3) is 0 Å². The molecule has 0 aliphatic rings. The van der Waals surface area contributed by atoms with Crippen molar-refractivity contribution in [3.63, 3.8) is 0 Å². The number of carboxylic acids is 1. The maximum absolute atomic E-state index is 12.1. The molecule has 1 unspecified atom stereocenters.